The van der Waals surface area contributed by atoms with Gasteiger partial charge in [-0.15, -0.1) is 35.5 Å². The average Bonchev–Trinajstić information content (AvgIpc) is 2.85. The van der Waals surface area contributed by atoms with Crippen LogP contribution in [0.15, 0.2) is 9.66 Å². The summed E-state index contributed by atoms with van der Waals surface area (Å²) in [6.45, 7) is 1.97. The second kappa shape index (κ2) is 21.2. The molecule has 0 aliphatic rings. The third-order valence-corrected chi connectivity index (χ3v) is 5.67. The van der Waals surface area contributed by atoms with Gasteiger partial charge in [-0.3, -0.25) is 9.59 Å². The molecule has 0 rings (SSSR count). The molecule has 0 heterocycles. The van der Waals surface area contributed by atoms with Crippen molar-refractivity contribution in [3.63, 3.8) is 0 Å². The summed E-state index contributed by atoms with van der Waals surface area (Å²) in [6.07, 6.45) is 9.17. The van der Waals surface area contributed by atoms with Crippen LogP contribution in [0.2, 0.25) is 0 Å². The molecule has 0 aliphatic heterocycles. The normalized spacial score (nSPS) is 10.2. The van der Waals surface area contributed by atoms with Gasteiger partial charge in [-0.2, -0.15) is 0 Å². The van der Waals surface area contributed by atoms with Gasteiger partial charge in [-0.1, -0.05) is 31.3 Å². The Labute approximate surface area is 219 Å². The van der Waals surface area contributed by atoms with Gasteiger partial charge in [0.25, 0.3) is 0 Å². The fraction of sp³-hybridized carbons (Fsp3) is 0.571. The van der Waals surface area contributed by atoms with Crippen molar-refractivity contribution < 1.29 is 24.2 Å². The number of halogens is 1. The maximum atomic E-state index is 12.6. The molecule has 0 saturated carbocycles. The minimum atomic E-state index is -1.52. The molecule has 0 aromatic carbocycles. The van der Waals surface area contributed by atoms with Crippen LogP contribution in [0.3, 0.4) is 0 Å². The van der Waals surface area contributed by atoms with E-state index in [1.165, 1.54) is 14.2 Å². The molecular weight excluding hydrogens is 543 g/mol. The van der Waals surface area contributed by atoms with Crippen LogP contribution in [0, 0.1) is 52.8 Å². The first-order valence-corrected chi connectivity index (χ1v) is 12.5. The van der Waals surface area contributed by atoms with Crippen molar-refractivity contribution in [2.24, 2.45) is 5.41 Å². The van der Waals surface area contributed by atoms with Crippen molar-refractivity contribution in [3.8, 4) is 47.4 Å². The summed E-state index contributed by atoms with van der Waals surface area (Å²) >= 11 is 2.20. The molecule has 5 nitrogen and oxygen atoms in total. The van der Waals surface area contributed by atoms with Crippen LogP contribution in [-0.2, 0) is 19.1 Å². The maximum Gasteiger partial charge on any atom is 0.324 e. The number of aliphatic hydroxyl groups excluding tert-OH is 1. The van der Waals surface area contributed by atoms with E-state index >= 15 is 0 Å². The summed E-state index contributed by atoms with van der Waals surface area (Å²) in [6, 6.07) is 0. The number of hydrogen-bond donors (Lipinski definition) is 1. The topological polar surface area (TPSA) is 72.8 Å². The number of allylic oxidation sites excluding steroid dienone is 2. The number of methoxy groups -OCH3 is 2. The molecule has 184 valence electrons. The SMILES string of the molecule is CCCCC#CCCC#CCC/C(I)=C/CC(CC#CCCC#CCO)(C(=O)OC)C(=O)OC. The van der Waals surface area contributed by atoms with Gasteiger partial charge in [-0.05, 0) is 45.4 Å². The minimum Gasteiger partial charge on any atom is -0.468 e. The fourth-order valence-electron chi connectivity index (χ4n) is 2.74. The Morgan fingerprint density at radius 3 is 1.85 bits per heavy atom. The molecule has 0 amide bonds. The van der Waals surface area contributed by atoms with Gasteiger partial charge in [0.2, 0.25) is 0 Å². The predicted molar refractivity (Wildman–Crippen MR) is 143 cm³/mol. The lowest BCUT2D eigenvalue weighted by molar-refractivity contribution is -0.168. The van der Waals surface area contributed by atoms with E-state index in [1.807, 2.05) is 6.08 Å². The van der Waals surface area contributed by atoms with Gasteiger partial charge >= 0.3 is 11.9 Å². The Bertz CT molecular complexity index is 887. The maximum absolute atomic E-state index is 12.6. The Balaban J connectivity index is 5.02. The molecule has 34 heavy (non-hydrogen) atoms. The number of rotatable bonds is 11. The molecule has 0 unspecified atom stereocenters. The van der Waals surface area contributed by atoms with Crippen LogP contribution in [0.25, 0.3) is 0 Å². The lowest BCUT2D eigenvalue weighted by atomic mass is 9.81. The highest BCUT2D eigenvalue weighted by molar-refractivity contribution is 14.1. The first-order chi connectivity index (χ1) is 16.5. The first-order valence-electron chi connectivity index (χ1n) is 11.4. The van der Waals surface area contributed by atoms with Crippen LogP contribution >= 0.6 is 22.6 Å². The summed E-state index contributed by atoms with van der Waals surface area (Å²) in [4.78, 5) is 25.2. The molecule has 0 radical (unpaired) electrons. The highest BCUT2D eigenvalue weighted by atomic mass is 127. The molecule has 0 bridgehead atoms. The molecule has 0 aromatic rings. The molecule has 0 aromatic heterocycles. The second-order valence-corrected chi connectivity index (χ2v) is 8.66. The van der Waals surface area contributed by atoms with E-state index in [2.05, 4.69) is 76.9 Å². The van der Waals surface area contributed by atoms with Gasteiger partial charge in [0.15, 0.2) is 5.41 Å². The molecule has 6 heteroatoms. The standard InChI is InChI=1S/C28H35IO5/c1-4-5-6-7-8-9-10-11-14-17-20-25(29)21-23-28(26(31)33-2,27(32)34-3)22-18-15-12-13-16-19-24-30/h21,30H,4-6,9-10,12-13,17,20,22-24H2,1-3H3/b25-21-. The molecule has 0 aliphatic carbocycles. The van der Waals surface area contributed by atoms with Crippen molar-refractivity contribution in [2.45, 2.75) is 77.6 Å². The zero-order chi connectivity index (χ0) is 25.5. The molecular formula is C28H35IO5. The van der Waals surface area contributed by atoms with Crippen molar-refractivity contribution in [1.82, 2.24) is 0 Å². The van der Waals surface area contributed by atoms with Crippen molar-refractivity contribution in [2.75, 3.05) is 20.8 Å². The number of unbranched alkanes of at least 4 members (excludes halogenated alkanes) is 4. The lowest BCUT2D eigenvalue weighted by Crippen LogP contribution is -2.40. The van der Waals surface area contributed by atoms with Crippen LogP contribution < -0.4 is 0 Å². The zero-order valence-electron chi connectivity index (χ0n) is 20.5. The number of ether oxygens (including phenoxy) is 2. The molecule has 1 N–H and O–H groups in total. The van der Waals surface area contributed by atoms with Gasteiger partial charge in [0, 0.05) is 44.9 Å². The molecule has 0 fully saturated rings. The Kier molecular flexibility index (Phi) is 19.7. The van der Waals surface area contributed by atoms with E-state index in [0.717, 1.165) is 42.1 Å². The smallest absolute Gasteiger partial charge is 0.324 e. The Hall–Kier alpha value is -2.39. The van der Waals surface area contributed by atoms with Gasteiger partial charge < -0.3 is 14.6 Å². The monoisotopic (exact) mass is 578 g/mol. The lowest BCUT2D eigenvalue weighted by Gasteiger charge is -2.25. The van der Waals surface area contributed by atoms with E-state index < -0.39 is 17.4 Å². The van der Waals surface area contributed by atoms with Gasteiger partial charge in [-0.25, -0.2) is 0 Å². The summed E-state index contributed by atoms with van der Waals surface area (Å²) in [7, 11) is 2.49. The largest absolute Gasteiger partial charge is 0.468 e. The zero-order valence-corrected chi connectivity index (χ0v) is 22.7. The Morgan fingerprint density at radius 2 is 1.32 bits per heavy atom. The summed E-state index contributed by atoms with van der Waals surface area (Å²) in [5.74, 6) is 22.4. The minimum absolute atomic E-state index is 0.0146. The van der Waals surface area contributed by atoms with Gasteiger partial charge in [0.05, 0.1) is 14.2 Å². The summed E-state index contributed by atoms with van der Waals surface area (Å²) < 4.78 is 10.8. The van der Waals surface area contributed by atoms with Crippen LogP contribution in [0.5, 0.6) is 0 Å². The summed E-state index contributed by atoms with van der Waals surface area (Å²) in [5, 5.41) is 8.66. The van der Waals surface area contributed by atoms with Crippen molar-refractivity contribution in [3.05, 3.63) is 9.66 Å². The first kappa shape index (κ1) is 31.6. The fourth-order valence-corrected chi connectivity index (χ4v) is 3.23. The number of hydrogen-bond acceptors (Lipinski definition) is 5. The highest BCUT2D eigenvalue weighted by Crippen LogP contribution is 2.32. The predicted octanol–water partition coefficient (Wildman–Crippen LogP) is 4.95. The van der Waals surface area contributed by atoms with E-state index in [-0.39, 0.29) is 19.4 Å². The van der Waals surface area contributed by atoms with E-state index in [0.29, 0.717) is 19.3 Å². The molecule has 0 atom stereocenters. The van der Waals surface area contributed by atoms with Crippen LogP contribution in [0.4, 0.5) is 0 Å². The molecule has 0 spiro atoms. The van der Waals surface area contributed by atoms with Gasteiger partial charge in [0.1, 0.15) is 6.61 Å². The van der Waals surface area contributed by atoms with Crippen molar-refractivity contribution in [1.29, 1.82) is 0 Å². The van der Waals surface area contributed by atoms with Crippen LogP contribution in [-0.4, -0.2) is 37.9 Å². The number of carbonyl (C=O) groups is 2. The Morgan fingerprint density at radius 1 is 0.824 bits per heavy atom. The number of esters is 2. The number of aliphatic hydroxyl groups is 1. The van der Waals surface area contributed by atoms with Crippen molar-refractivity contribution >= 4 is 34.5 Å². The highest BCUT2D eigenvalue weighted by Gasteiger charge is 2.47. The second-order valence-electron chi connectivity index (χ2n) is 7.27. The van der Waals surface area contributed by atoms with Crippen LogP contribution in [0.1, 0.15) is 77.6 Å². The summed E-state index contributed by atoms with van der Waals surface area (Å²) in [5.41, 5.74) is -1.52. The average molecular weight is 578 g/mol. The molecule has 0 saturated heterocycles. The van der Waals surface area contributed by atoms with E-state index in [9.17, 15) is 9.59 Å². The quantitative estimate of drug-likeness (QED) is 0.124. The third kappa shape index (κ3) is 14.0. The number of carbonyl (C=O) groups excluding carboxylic acids is 2. The van der Waals surface area contributed by atoms with E-state index in [1.54, 1.807) is 0 Å². The van der Waals surface area contributed by atoms with E-state index in [4.69, 9.17) is 14.6 Å². The third-order valence-electron chi connectivity index (χ3n) is 4.69.